The van der Waals surface area contributed by atoms with E-state index in [0.717, 1.165) is 0 Å². The quantitative estimate of drug-likeness (QED) is 0.454. The van der Waals surface area contributed by atoms with Gasteiger partial charge in [-0.2, -0.15) is 5.10 Å². The van der Waals surface area contributed by atoms with E-state index in [-0.39, 0.29) is 22.0 Å². The Balaban J connectivity index is 1.99. The van der Waals surface area contributed by atoms with Crippen molar-refractivity contribution >= 4 is 32.6 Å². The van der Waals surface area contributed by atoms with Gasteiger partial charge >= 0.3 is 0 Å². The van der Waals surface area contributed by atoms with Crippen molar-refractivity contribution in [3.8, 4) is 22.9 Å². The van der Waals surface area contributed by atoms with Crippen LogP contribution in [0.3, 0.4) is 0 Å². The molecule has 0 saturated carbocycles. The van der Waals surface area contributed by atoms with Crippen LogP contribution in [0, 0.1) is 6.92 Å². The normalized spacial score (nSPS) is 11.5. The van der Waals surface area contributed by atoms with Crippen LogP contribution < -0.4 is 19.9 Å². The molecule has 0 fully saturated rings. The molecule has 0 saturated heterocycles. The highest BCUT2D eigenvalue weighted by Gasteiger charge is 2.27. The molecular weight excluding hydrogens is 432 g/mol. The maximum atomic E-state index is 12.4. The summed E-state index contributed by atoms with van der Waals surface area (Å²) in [6.07, 6.45) is 0. The largest absolute Gasteiger partial charge is 0.497 e. The van der Waals surface area contributed by atoms with Gasteiger partial charge in [0.15, 0.2) is 5.82 Å². The maximum absolute atomic E-state index is 12.4. The van der Waals surface area contributed by atoms with E-state index in [1.54, 1.807) is 52.5 Å². The molecule has 166 valence electrons. The lowest BCUT2D eigenvalue weighted by Gasteiger charge is -2.15. The monoisotopic (exact) mass is 454 g/mol. The molecule has 2 heterocycles. The van der Waals surface area contributed by atoms with Gasteiger partial charge in [-0.05, 0) is 19.1 Å². The first-order valence-corrected chi connectivity index (χ1v) is 11.1. The van der Waals surface area contributed by atoms with Gasteiger partial charge in [0.2, 0.25) is 10.0 Å². The van der Waals surface area contributed by atoms with Crippen LogP contribution in [0.4, 0.5) is 11.5 Å². The fourth-order valence-corrected chi connectivity index (χ4v) is 4.46. The number of ether oxygens (including phenoxy) is 2. The van der Waals surface area contributed by atoms with E-state index in [1.165, 1.54) is 4.68 Å². The first-order chi connectivity index (χ1) is 15.2. The molecule has 0 amide bonds. The fraction of sp³-hybridized carbons (Fsp3) is 0.190. The summed E-state index contributed by atoms with van der Waals surface area (Å²) >= 11 is 0. The number of sulfonamides is 1. The van der Waals surface area contributed by atoms with Crippen LogP contribution >= 0.6 is 0 Å². The standard InChI is InChI=1S/C21H22N6O4S/c1-12-20(32(22,28)29)19(27(2)26-12)18-21(25-17-8-6-5-7-16(17)24-18)23-13-9-14(30-3)11-15(10-13)31-4/h5-11H,1-4H3,(H,23,25)(H2,22,28,29). The number of anilines is 2. The SMILES string of the molecule is COc1cc(Nc2nc3ccccc3nc2-c2c(S(N)(=O)=O)c(C)nn2C)cc(OC)c1. The minimum absolute atomic E-state index is 0.101. The molecule has 32 heavy (non-hydrogen) atoms. The Bertz CT molecular complexity index is 1410. The number of rotatable bonds is 6. The van der Waals surface area contributed by atoms with E-state index < -0.39 is 10.0 Å². The highest BCUT2D eigenvalue weighted by molar-refractivity contribution is 7.89. The number of para-hydroxylation sites is 2. The minimum Gasteiger partial charge on any atom is -0.497 e. The Morgan fingerprint density at radius 2 is 1.59 bits per heavy atom. The van der Waals surface area contributed by atoms with E-state index in [2.05, 4.69) is 10.4 Å². The summed E-state index contributed by atoms with van der Waals surface area (Å²) in [7, 11) is 0.661. The molecule has 0 aliphatic carbocycles. The van der Waals surface area contributed by atoms with Gasteiger partial charge in [-0.25, -0.2) is 23.5 Å². The number of primary sulfonamides is 1. The van der Waals surface area contributed by atoms with E-state index in [1.807, 2.05) is 18.2 Å². The van der Waals surface area contributed by atoms with Crippen molar-refractivity contribution in [2.75, 3.05) is 19.5 Å². The zero-order valence-corrected chi connectivity index (χ0v) is 18.8. The molecule has 0 unspecified atom stereocenters. The molecule has 0 bridgehead atoms. The van der Waals surface area contributed by atoms with Crippen LogP contribution in [0.5, 0.6) is 11.5 Å². The Labute approximate surface area is 185 Å². The van der Waals surface area contributed by atoms with Gasteiger partial charge in [0, 0.05) is 30.9 Å². The van der Waals surface area contributed by atoms with Crippen molar-refractivity contribution in [2.45, 2.75) is 11.8 Å². The summed E-state index contributed by atoms with van der Waals surface area (Å²) in [4.78, 5) is 9.31. The average Bonchev–Trinajstić information content (AvgIpc) is 3.06. The molecular formula is C21H22N6O4S. The zero-order chi connectivity index (χ0) is 23.0. The topological polar surface area (TPSA) is 134 Å². The zero-order valence-electron chi connectivity index (χ0n) is 17.9. The number of nitrogens with one attached hydrogen (secondary N) is 1. The Hall–Kier alpha value is -3.70. The van der Waals surface area contributed by atoms with Crippen molar-refractivity contribution in [3.05, 3.63) is 48.2 Å². The highest BCUT2D eigenvalue weighted by atomic mass is 32.2. The average molecular weight is 455 g/mol. The molecule has 11 heteroatoms. The molecule has 2 aromatic carbocycles. The second kappa shape index (κ2) is 8.09. The molecule has 2 aromatic heterocycles. The van der Waals surface area contributed by atoms with Gasteiger partial charge in [-0.15, -0.1) is 0 Å². The van der Waals surface area contributed by atoms with Crippen molar-refractivity contribution in [1.82, 2.24) is 19.7 Å². The number of hydrogen-bond acceptors (Lipinski definition) is 8. The van der Waals surface area contributed by atoms with Gasteiger partial charge in [-0.3, -0.25) is 4.68 Å². The molecule has 0 atom stereocenters. The third kappa shape index (κ3) is 3.95. The smallest absolute Gasteiger partial charge is 0.242 e. The second-order valence-corrected chi connectivity index (χ2v) is 8.57. The first-order valence-electron chi connectivity index (χ1n) is 9.55. The van der Waals surface area contributed by atoms with Gasteiger partial charge in [0.25, 0.3) is 0 Å². The first kappa shape index (κ1) is 21.5. The predicted molar refractivity (Wildman–Crippen MR) is 121 cm³/mol. The Morgan fingerprint density at radius 1 is 1.00 bits per heavy atom. The maximum Gasteiger partial charge on any atom is 0.242 e. The number of hydrogen-bond donors (Lipinski definition) is 2. The van der Waals surface area contributed by atoms with E-state index in [0.29, 0.717) is 34.0 Å². The molecule has 0 aliphatic heterocycles. The highest BCUT2D eigenvalue weighted by Crippen LogP contribution is 2.35. The Morgan fingerprint density at radius 3 is 2.16 bits per heavy atom. The third-order valence-corrected chi connectivity index (χ3v) is 5.92. The van der Waals surface area contributed by atoms with Crippen LogP contribution in [-0.2, 0) is 17.1 Å². The molecule has 4 aromatic rings. The van der Waals surface area contributed by atoms with Crippen LogP contribution in [-0.4, -0.2) is 42.4 Å². The summed E-state index contributed by atoms with van der Waals surface area (Å²) in [6, 6.07) is 12.6. The number of fused-ring (bicyclic) bond motifs is 1. The third-order valence-electron chi connectivity index (χ3n) is 4.86. The van der Waals surface area contributed by atoms with Crippen molar-refractivity contribution in [1.29, 1.82) is 0 Å². The molecule has 10 nitrogen and oxygen atoms in total. The van der Waals surface area contributed by atoms with Gasteiger partial charge < -0.3 is 14.8 Å². The number of nitrogens with two attached hydrogens (primary N) is 1. The van der Waals surface area contributed by atoms with Crippen LogP contribution in [0.2, 0.25) is 0 Å². The van der Waals surface area contributed by atoms with Crippen molar-refractivity contribution < 1.29 is 17.9 Å². The molecule has 3 N–H and O–H groups in total. The lowest BCUT2D eigenvalue weighted by atomic mass is 10.2. The van der Waals surface area contributed by atoms with Crippen LogP contribution in [0.1, 0.15) is 5.69 Å². The van der Waals surface area contributed by atoms with Gasteiger partial charge in [0.05, 0.1) is 30.9 Å². The van der Waals surface area contributed by atoms with E-state index in [4.69, 9.17) is 24.6 Å². The van der Waals surface area contributed by atoms with Crippen LogP contribution in [0.25, 0.3) is 22.4 Å². The Kier molecular flexibility index (Phi) is 5.45. The summed E-state index contributed by atoms with van der Waals surface area (Å²) in [6.45, 7) is 1.58. The van der Waals surface area contributed by atoms with Gasteiger partial charge in [0.1, 0.15) is 27.8 Å². The lowest BCUT2D eigenvalue weighted by molar-refractivity contribution is 0.395. The number of benzene rings is 2. The number of methoxy groups -OCH3 is 2. The molecule has 0 radical (unpaired) electrons. The van der Waals surface area contributed by atoms with Crippen LogP contribution in [0.15, 0.2) is 47.4 Å². The van der Waals surface area contributed by atoms with E-state index in [9.17, 15) is 8.42 Å². The van der Waals surface area contributed by atoms with Crippen molar-refractivity contribution in [2.24, 2.45) is 12.2 Å². The summed E-state index contributed by atoms with van der Waals surface area (Å²) < 4.78 is 36.9. The lowest BCUT2D eigenvalue weighted by Crippen LogP contribution is -2.15. The molecule has 0 aliphatic rings. The summed E-state index contributed by atoms with van der Waals surface area (Å²) in [5.74, 6) is 1.47. The van der Waals surface area contributed by atoms with Crippen molar-refractivity contribution in [3.63, 3.8) is 0 Å². The van der Waals surface area contributed by atoms with E-state index >= 15 is 0 Å². The molecule has 0 spiro atoms. The number of aromatic nitrogens is 4. The predicted octanol–water partition coefficient (Wildman–Crippen LogP) is 2.75. The second-order valence-electron chi connectivity index (χ2n) is 7.07. The van der Waals surface area contributed by atoms with Gasteiger partial charge in [-0.1, -0.05) is 12.1 Å². The number of nitrogens with zero attached hydrogens (tertiary/aromatic N) is 4. The molecule has 4 rings (SSSR count). The fourth-order valence-electron chi connectivity index (χ4n) is 3.51. The summed E-state index contributed by atoms with van der Waals surface area (Å²) in [5.41, 5.74) is 2.63. The minimum atomic E-state index is -4.07. The number of aryl methyl sites for hydroxylation is 2. The summed E-state index contributed by atoms with van der Waals surface area (Å²) in [5, 5.41) is 13.0.